The molecule has 92 valence electrons. The van der Waals surface area contributed by atoms with Crippen molar-refractivity contribution in [1.82, 2.24) is 0 Å². The largest absolute Gasteiger partial charge is 0.388 e. The number of para-hydroxylation sites is 1. The summed E-state index contributed by atoms with van der Waals surface area (Å²) in [6, 6.07) is 8.22. The molecule has 0 aromatic heterocycles. The van der Waals surface area contributed by atoms with Crippen LogP contribution in [0.1, 0.15) is 30.7 Å². The Balaban J connectivity index is 2.28. The summed E-state index contributed by atoms with van der Waals surface area (Å²) in [7, 11) is 1.92. The van der Waals surface area contributed by atoms with E-state index in [1.807, 2.05) is 19.2 Å². The minimum Gasteiger partial charge on any atom is -0.388 e. The highest BCUT2D eigenvalue weighted by Gasteiger charge is 2.31. The summed E-state index contributed by atoms with van der Waals surface area (Å²) in [5, 5.41) is 3.36. The van der Waals surface area contributed by atoms with Gasteiger partial charge >= 0.3 is 0 Å². The number of anilines is 1. The highest BCUT2D eigenvalue weighted by molar-refractivity contribution is 6.20. The Hall–Kier alpha value is -1.02. The quantitative estimate of drug-likeness (QED) is 0.659. The van der Waals surface area contributed by atoms with Crippen LogP contribution in [0.3, 0.4) is 0 Å². The van der Waals surface area contributed by atoms with Crippen LogP contribution in [-0.4, -0.2) is 18.7 Å². The Kier molecular flexibility index (Phi) is 4.06. The number of hydrogen-bond acceptors (Lipinski definition) is 2. The minimum absolute atomic E-state index is 0.0562. The number of benzene rings is 1. The van der Waals surface area contributed by atoms with E-state index in [9.17, 15) is 4.79 Å². The molecule has 3 atom stereocenters. The van der Waals surface area contributed by atoms with Crippen molar-refractivity contribution in [3.8, 4) is 0 Å². The number of halogens is 1. The maximum atomic E-state index is 11.2. The second kappa shape index (κ2) is 5.54. The molecule has 1 saturated carbocycles. The Morgan fingerprint density at radius 1 is 1.35 bits per heavy atom. The molecule has 0 radical (unpaired) electrons. The summed E-state index contributed by atoms with van der Waals surface area (Å²) >= 11 is 6.14. The van der Waals surface area contributed by atoms with Gasteiger partial charge in [-0.05, 0) is 36.8 Å². The van der Waals surface area contributed by atoms with Crippen LogP contribution in [0.2, 0.25) is 0 Å². The van der Waals surface area contributed by atoms with E-state index in [0.29, 0.717) is 5.92 Å². The zero-order valence-electron chi connectivity index (χ0n) is 10.0. The molecule has 1 N–H and O–H groups in total. The first-order valence-electron chi connectivity index (χ1n) is 6.12. The van der Waals surface area contributed by atoms with Gasteiger partial charge in [-0.3, -0.25) is 0 Å². The molecule has 1 fully saturated rings. The summed E-state index contributed by atoms with van der Waals surface area (Å²) in [5.41, 5.74) is 2.37. The molecule has 1 aromatic carbocycles. The SMILES string of the molecule is CNc1ccccc1C1CCC(Cl)CC1C=O. The zero-order chi connectivity index (χ0) is 12.3. The lowest BCUT2D eigenvalue weighted by Crippen LogP contribution is -2.25. The van der Waals surface area contributed by atoms with Gasteiger partial charge < -0.3 is 10.1 Å². The number of carbonyl (C=O) groups excluding carboxylic acids is 1. The number of aldehydes is 1. The van der Waals surface area contributed by atoms with Gasteiger partial charge in [-0.2, -0.15) is 0 Å². The Morgan fingerprint density at radius 2 is 2.12 bits per heavy atom. The molecule has 0 bridgehead atoms. The van der Waals surface area contributed by atoms with Gasteiger partial charge in [0.05, 0.1) is 0 Å². The molecular weight excluding hydrogens is 234 g/mol. The van der Waals surface area contributed by atoms with Crippen molar-refractivity contribution in [2.75, 3.05) is 12.4 Å². The molecule has 17 heavy (non-hydrogen) atoms. The second-order valence-corrected chi connectivity index (χ2v) is 5.27. The van der Waals surface area contributed by atoms with Crippen LogP contribution < -0.4 is 5.32 Å². The van der Waals surface area contributed by atoms with Crippen molar-refractivity contribution < 1.29 is 4.79 Å². The van der Waals surface area contributed by atoms with Crippen molar-refractivity contribution in [2.24, 2.45) is 5.92 Å². The normalized spacial score (nSPS) is 28.7. The molecule has 0 aliphatic heterocycles. The van der Waals surface area contributed by atoms with Crippen LogP contribution in [0.5, 0.6) is 0 Å². The van der Waals surface area contributed by atoms with E-state index in [1.54, 1.807) is 0 Å². The third kappa shape index (κ3) is 2.63. The van der Waals surface area contributed by atoms with Crippen LogP contribution in [0.15, 0.2) is 24.3 Å². The number of carbonyl (C=O) groups is 1. The van der Waals surface area contributed by atoms with Gasteiger partial charge in [-0.25, -0.2) is 0 Å². The van der Waals surface area contributed by atoms with E-state index in [2.05, 4.69) is 17.4 Å². The molecule has 1 aromatic rings. The van der Waals surface area contributed by atoms with E-state index in [4.69, 9.17) is 11.6 Å². The second-order valence-electron chi connectivity index (χ2n) is 4.65. The fourth-order valence-corrected chi connectivity index (χ4v) is 3.07. The highest BCUT2D eigenvalue weighted by atomic mass is 35.5. The zero-order valence-corrected chi connectivity index (χ0v) is 10.8. The lowest BCUT2D eigenvalue weighted by atomic mass is 9.75. The number of rotatable bonds is 3. The van der Waals surface area contributed by atoms with E-state index in [1.165, 1.54) is 5.56 Å². The summed E-state index contributed by atoms with van der Waals surface area (Å²) in [6.45, 7) is 0. The fourth-order valence-electron chi connectivity index (χ4n) is 2.74. The molecule has 0 amide bonds. The van der Waals surface area contributed by atoms with Gasteiger partial charge in [0, 0.05) is 24.0 Å². The van der Waals surface area contributed by atoms with Crippen molar-refractivity contribution in [3.63, 3.8) is 0 Å². The monoisotopic (exact) mass is 251 g/mol. The molecule has 3 unspecified atom stereocenters. The van der Waals surface area contributed by atoms with Gasteiger partial charge in [0.2, 0.25) is 0 Å². The molecule has 0 saturated heterocycles. The minimum atomic E-state index is 0.0562. The van der Waals surface area contributed by atoms with Crippen molar-refractivity contribution in [2.45, 2.75) is 30.6 Å². The van der Waals surface area contributed by atoms with Gasteiger partial charge in [-0.1, -0.05) is 18.2 Å². The van der Waals surface area contributed by atoms with Crippen molar-refractivity contribution in [3.05, 3.63) is 29.8 Å². The first-order valence-corrected chi connectivity index (χ1v) is 6.56. The van der Waals surface area contributed by atoms with Crippen molar-refractivity contribution in [1.29, 1.82) is 0 Å². The molecule has 2 rings (SSSR count). The van der Waals surface area contributed by atoms with Gasteiger partial charge in [0.15, 0.2) is 0 Å². The highest BCUT2D eigenvalue weighted by Crippen LogP contribution is 2.41. The smallest absolute Gasteiger partial charge is 0.123 e. The van der Waals surface area contributed by atoms with Gasteiger partial charge in [0.1, 0.15) is 6.29 Å². The van der Waals surface area contributed by atoms with Gasteiger partial charge in [0.25, 0.3) is 0 Å². The molecule has 0 spiro atoms. The molecule has 2 nitrogen and oxygen atoms in total. The van der Waals surface area contributed by atoms with E-state index >= 15 is 0 Å². The van der Waals surface area contributed by atoms with Crippen LogP contribution in [0.4, 0.5) is 5.69 Å². The van der Waals surface area contributed by atoms with Crippen LogP contribution in [-0.2, 0) is 4.79 Å². The average Bonchev–Trinajstić information content (AvgIpc) is 2.38. The molecule has 3 heteroatoms. The Labute approximate surface area is 107 Å². The van der Waals surface area contributed by atoms with Gasteiger partial charge in [-0.15, -0.1) is 11.6 Å². The first-order chi connectivity index (χ1) is 8.26. The fraction of sp³-hybridized carbons (Fsp3) is 0.500. The Bertz CT molecular complexity index is 394. The number of nitrogens with one attached hydrogen (secondary N) is 1. The number of alkyl halides is 1. The first kappa shape index (κ1) is 12.4. The van der Waals surface area contributed by atoms with Crippen LogP contribution >= 0.6 is 11.6 Å². The number of hydrogen-bond donors (Lipinski definition) is 1. The Morgan fingerprint density at radius 3 is 2.82 bits per heavy atom. The maximum Gasteiger partial charge on any atom is 0.123 e. The van der Waals surface area contributed by atoms with Crippen molar-refractivity contribution >= 4 is 23.6 Å². The van der Waals surface area contributed by atoms with E-state index < -0.39 is 0 Å². The average molecular weight is 252 g/mol. The topological polar surface area (TPSA) is 29.1 Å². The molecule has 1 aliphatic carbocycles. The summed E-state index contributed by atoms with van der Waals surface area (Å²) in [5.74, 6) is 0.367. The predicted octanol–water partition coefficient (Wildman–Crippen LogP) is 3.42. The molecule has 1 aliphatic rings. The van der Waals surface area contributed by atoms with E-state index in [0.717, 1.165) is 31.2 Å². The van der Waals surface area contributed by atoms with Crippen LogP contribution in [0, 0.1) is 5.92 Å². The predicted molar refractivity (Wildman–Crippen MR) is 71.8 cm³/mol. The third-order valence-corrected chi connectivity index (χ3v) is 4.04. The summed E-state index contributed by atoms with van der Waals surface area (Å²) in [6.07, 6.45) is 3.87. The standard InChI is InChI=1S/C14H18ClNO/c1-16-14-5-3-2-4-13(14)12-7-6-11(15)8-10(12)9-17/h2-5,9-12,16H,6-8H2,1H3. The molecular formula is C14H18ClNO. The van der Waals surface area contributed by atoms with E-state index in [-0.39, 0.29) is 11.3 Å². The summed E-state index contributed by atoms with van der Waals surface area (Å²) in [4.78, 5) is 11.2. The maximum absolute atomic E-state index is 11.2. The lowest BCUT2D eigenvalue weighted by molar-refractivity contribution is -0.112. The van der Waals surface area contributed by atoms with Crippen LogP contribution in [0.25, 0.3) is 0 Å². The lowest BCUT2D eigenvalue weighted by Gasteiger charge is -2.32. The third-order valence-electron chi connectivity index (χ3n) is 3.64. The molecule has 0 heterocycles. The summed E-state index contributed by atoms with van der Waals surface area (Å²) < 4.78 is 0.